The van der Waals surface area contributed by atoms with Gasteiger partial charge in [0.15, 0.2) is 0 Å². The van der Waals surface area contributed by atoms with Gasteiger partial charge in [0.05, 0.1) is 6.54 Å². The molecule has 1 saturated heterocycles. The smallest absolute Gasteiger partial charge is 0.237 e. The first-order valence-corrected chi connectivity index (χ1v) is 9.70. The topological polar surface area (TPSA) is 26.8 Å². The maximum atomic E-state index is 13.1. The highest BCUT2D eigenvalue weighted by Gasteiger charge is 2.20. The van der Waals surface area contributed by atoms with Crippen LogP contribution in [0.4, 0.5) is 10.1 Å². The van der Waals surface area contributed by atoms with Gasteiger partial charge in [0.2, 0.25) is 5.91 Å². The molecule has 0 aliphatic carbocycles. The van der Waals surface area contributed by atoms with Gasteiger partial charge in [0.1, 0.15) is 5.82 Å². The number of carbonyl (C=O) groups is 1. The van der Waals surface area contributed by atoms with E-state index in [4.69, 9.17) is 0 Å². The normalized spacial score (nSPS) is 15.4. The number of hydrogen-bond donors (Lipinski definition) is 0. The molecule has 5 heteroatoms. The van der Waals surface area contributed by atoms with Crippen molar-refractivity contribution in [2.45, 2.75) is 19.9 Å². The monoisotopic (exact) mass is 369 g/mol. The van der Waals surface area contributed by atoms with E-state index in [0.717, 1.165) is 43.9 Å². The standard InChI is InChI=1S/C22H28FN3O/c1-2-25(17-19-7-4-3-5-8-19)22(27)18-24-13-6-14-26(16-15-24)21-11-9-20(23)10-12-21/h3-5,7-12H,2,6,13-18H2,1H3. The molecule has 0 radical (unpaired) electrons. The van der Waals surface area contributed by atoms with Crippen molar-refractivity contribution in [2.24, 2.45) is 0 Å². The Balaban J connectivity index is 1.54. The molecule has 1 aliphatic rings. The number of nitrogens with zero attached hydrogens (tertiary/aromatic N) is 3. The van der Waals surface area contributed by atoms with Gasteiger partial charge >= 0.3 is 0 Å². The summed E-state index contributed by atoms with van der Waals surface area (Å²) in [6, 6.07) is 16.8. The number of benzene rings is 2. The van der Waals surface area contributed by atoms with Crippen LogP contribution in [0.25, 0.3) is 0 Å². The Morgan fingerprint density at radius 3 is 2.44 bits per heavy atom. The van der Waals surface area contributed by atoms with Crippen LogP contribution in [-0.4, -0.2) is 55.0 Å². The highest BCUT2D eigenvalue weighted by atomic mass is 19.1. The molecule has 1 fully saturated rings. The van der Waals surface area contributed by atoms with Crippen molar-refractivity contribution in [2.75, 3.05) is 44.2 Å². The van der Waals surface area contributed by atoms with E-state index in [9.17, 15) is 9.18 Å². The van der Waals surface area contributed by atoms with Crippen molar-refractivity contribution < 1.29 is 9.18 Å². The Morgan fingerprint density at radius 2 is 1.74 bits per heavy atom. The van der Waals surface area contributed by atoms with Gasteiger partial charge in [-0.25, -0.2) is 4.39 Å². The highest BCUT2D eigenvalue weighted by molar-refractivity contribution is 5.78. The Bertz CT molecular complexity index is 720. The van der Waals surface area contributed by atoms with Crippen molar-refractivity contribution in [1.29, 1.82) is 0 Å². The van der Waals surface area contributed by atoms with Crippen LogP contribution < -0.4 is 4.90 Å². The summed E-state index contributed by atoms with van der Waals surface area (Å²) in [6.07, 6.45) is 0.996. The highest BCUT2D eigenvalue weighted by Crippen LogP contribution is 2.17. The maximum absolute atomic E-state index is 13.1. The van der Waals surface area contributed by atoms with Gasteiger partial charge < -0.3 is 9.80 Å². The molecule has 1 heterocycles. The average molecular weight is 369 g/mol. The lowest BCUT2D eigenvalue weighted by Gasteiger charge is -2.26. The van der Waals surface area contributed by atoms with Gasteiger partial charge in [-0.2, -0.15) is 0 Å². The molecule has 0 N–H and O–H groups in total. The molecule has 0 bridgehead atoms. The second-order valence-corrected chi connectivity index (χ2v) is 6.99. The summed E-state index contributed by atoms with van der Waals surface area (Å²) in [6.45, 7) is 7.38. The molecule has 2 aromatic carbocycles. The first-order valence-electron chi connectivity index (χ1n) is 9.70. The molecule has 0 atom stereocenters. The maximum Gasteiger partial charge on any atom is 0.237 e. The minimum Gasteiger partial charge on any atom is -0.370 e. The van der Waals surface area contributed by atoms with Crippen LogP contribution in [0, 0.1) is 5.82 Å². The van der Waals surface area contributed by atoms with Gasteiger partial charge in [-0.05, 0) is 43.2 Å². The SMILES string of the molecule is CCN(Cc1ccccc1)C(=O)CN1CCCN(c2ccc(F)cc2)CC1. The van der Waals surface area contributed by atoms with Crippen LogP contribution in [0.5, 0.6) is 0 Å². The fraction of sp³-hybridized carbons (Fsp3) is 0.409. The van der Waals surface area contributed by atoms with Crippen LogP contribution in [0.3, 0.4) is 0 Å². The van der Waals surface area contributed by atoms with Gasteiger partial charge in [0.25, 0.3) is 0 Å². The minimum atomic E-state index is -0.209. The number of rotatable bonds is 6. The zero-order chi connectivity index (χ0) is 19.1. The average Bonchev–Trinajstić information content (AvgIpc) is 2.93. The molecular formula is C22H28FN3O. The fourth-order valence-electron chi connectivity index (χ4n) is 3.51. The van der Waals surface area contributed by atoms with Crippen molar-refractivity contribution in [3.8, 4) is 0 Å². The van der Waals surface area contributed by atoms with Gasteiger partial charge in [-0.3, -0.25) is 9.69 Å². The van der Waals surface area contributed by atoms with Gasteiger partial charge in [0, 0.05) is 45.0 Å². The molecule has 1 aliphatic heterocycles. The number of anilines is 1. The second-order valence-electron chi connectivity index (χ2n) is 6.99. The first kappa shape index (κ1) is 19.4. The van der Waals surface area contributed by atoms with Crippen molar-refractivity contribution >= 4 is 11.6 Å². The molecule has 1 amide bonds. The molecule has 4 nitrogen and oxygen atoms in total. The summed E-state index contributed by atoms with van der Waals surface area (Å²) >= 11 is 0. The molecule has 0 spiro atoms. The van der Waals surface area contributed by atoms with Crippen LogP contribution in [0.2, 0.25) is 0 Å². The Morgan fingerprint density at radius 1 is 1.00 bits per heavy atom. The summed E-state index contributed by atoms with van der Waals surface area (Å²) in [7, 11) is 0. The van der Waals surface area contributed by atoms with Gasteiger partial charge in [-0.15, -0.1) is 0 Å². The van der Waals surface area contributed by atoms with Crippen LogP contribution in [-0.2, 0) is 11.3 Å². The zero-order valence-corrected chi connectivity index (χ0v) is 16.0. The number of hydrogen-bond acceptors (Lipinski definition) is 3. The second kappa shape index (κ2) is 9.51. The molecular weight excluding hydrogens is 341 g/mol. The quantitative estimate of drug-likeness (QED) is 0.781. The zero-order valence-electron chi connectivity index (χ0n) is 16.0. The summed E-state index contributed by atoms with van der Waals surface area (Å²) in [5.41, 5.74) is 2.20. The lowest BCUT2D eigenvalue weighted by molar-refractivity contribution is -0.132. The van der Waals surface area contributed by atoms with Crippen molar-refractivity contribution in [1.82, 2.24) is 9.80 Å². The minimum absolute atomic E-state index is 0.177. The van der Waals surface area contributed by atoms with E-state index in [-0.39, 0.29) is 11.7 Å². The summed E-state index contributed by atoms with van der Waals surface area (Å²) in [5.74, 6) is -0.0320. The van der Waals surface area contributed by atoms with Crippen LogP contribution >= 0.6 is 0 Å². The lowest BCUT2D eigenvalue weighted by atomic mass is 10.2. The summed E-state index contributed by atoms with van der Waals surface area (Å²) in [5, 5.41) is 0. The van der Waals surface area contributed by atoms with Crippen molar-refractivity contribution in [3.05, 3.63) is 66.0 Å². The van der Waals surface area contributed by atoms with E-state index in [2.05, 4.69) is 21.9 Å². The molecule has 0 saturated carbocycles. The predicted molar refractivity (Wildman–Crippen MR) is 107 cm³/mol. The van der Waals surface area contributed by atoms with E-state index in [0.29, 0.717) is 19.6 Å². The predicted octanol–water partition coefficient (Wildman–Crippen LogP) is 3.39. The molecule has 2 aromatic rings. The summed E-state index contributed by atoms with van der Waals surface area (Å²) in [4.78, 5) is 19.2. The van der Waals surface area contributed by atoms with Crippen molar-refractivity contribution in [3.63, 3.8) is 0 Å². The van der Waals surface area contributed by atoms with E-state index >= 15 is 0 Å². The molecule has 27 heavy (non-hydrogen) atoms. The third-order valence-corrected chi connectivity index (χ3v) is 5.09. The molecule has 3 rings (SSSR count). The van der Waals surface area contributed by atoms with E-state index in [1.807, 2.05) is 42.2 Å². The van der Waals surface area contributed by atoms with Crippen LogP contribution in [0.1, 0.15) is 18.9 Å². The van der Waals surface area contributed by atoms with E-state index < -0.39 is 0 Å². The first-order chi connectivity index (χ1) is 13.2. The Kier molecular flexibility index (Phi) is 6.82. The fourth-order valence-corrected chi connectivity index (χ4v) is 3.51. The molecule has 0 unspecified atom stereocenters. The van der Waals surface area contributed by atoms with E-state index in [1.165, 1.54) is 12.1 Å². The Labute approximate surface area is 161 Å². The molecule has 0 aromatic heterocycles. The third kappa shape index (κ3) is 5.54. The van der Waals surface area contributed by atoms with E-state index in [1.54, 1.807) is 0 Å². The number of likely N-dealkylation sites (N-methyl/N-ethyl adjacent to an activating group) is 1. The number of carbonyl (C=O) groups excluding carboxylic acids is 1. The number of amides is 1. The third-order valence-electron chi connectivity index (χ3n) is 5.09. The van der Waals surface area contributed by atoms with Gasteiger partial charge in [-0.1, -0.05) is 30.3 Å². The lowest BCUT2D eigenvalue weighted by Crippen LogP contribution is -2.41. The Hall–Kier alpha value is -2.40. The number of halogens is 1. The largest absolute Gasteiger partial charge is 0.370 e. The van der Waals surface area contributed by atoms with Crippen LogP contribution in [0.15, 0.2) is 54.6 Å². The summed E-state index contributed by atoms with van der Waals surface area (Å²) < 4.78 is 13.1. The molecule has 144 valence electrons.